The van der Waals surface area contributed by atoms with E-state index in [1.165, 1.54) is 44.9 Å². The van der Waals surface area contributed by atoms with Crippen molar-refractivity contribution in [3.8, 4) is 0 Å². The Labute approximate surface area is 123 Å². The summed E-state index contributed by atoms with van der Waals surface area (Å²) in [7, 11) is 0. The molecule has 1 saturated heterocycles. The molecule has 0 aromatic rings. The Kier molecular flexibility index (Phi) is 5.48. The summed E-state index contributed by atoms with van der Waals surface area (Å²) in [6.07, 6.45) is 10.9. The van der Waals surface area contributed by atoms with Gasteiger partial charge in [0.05, 0.1) is 5.41 Å². The van der Waals surface area contributed by atoms with Gasteiger partial charge in [-0.05, 0) is 44.6 Å². The van der Waals surface area contributed by atoms with Gasteiger partial charge in [-0.15, -0.1) is 0 Å². The van der Waals surface area contributed by atoms with E-state index in [0.29, 0.717) is 6.04 Å². The SMILES string of the molecule is CCCC1CCCC(N2CCC(CC)(C(=O)O)C2)CC1. The minimum atomic E-state index is -0.583. The Bertz CT molecular complexity index is 331. The molecule has 2 rings (SSSR count). The van der Waals surface area contributed by atoms with E-state index in [4.69, 9.17) is 0 Å². The molecule has 1 N–H and O–H groups in total. The van der Waals surface area contributed by atoms with Crippen LogP contribution < -0.4 is 0 Å². The van der Waals surface area contributed by atoms with E-state index in [0.717, 1.165) is 31.8 Å². The molecule has 0 amide bonds. The first-order chi connectivity index (χ1) is 9.61. The van der Waals surface area contributed by atoms with Crippen LogP contribution in [0.4, 0.5) is 0 Å². The molecule has 0 aromatic heterocycles. The molecule has 2 fully saturated rings. The van der Waals surface area contributed by atoms with Crippen LogP contribution in [0.1, 0.15) is 71.6 Å². The molecule has 3 nitrogen and oxygen atoms in total. The number of hydrogen-bond donors (Lipinski definition) is 1. The van der Waals surface area contributed by atoms with Gasteiger partial charge in [-0.3, -0.25) is 9.69 Å². The van der Waals surface area contributed by atoms with Gasteiger partial charge in [0.2, 0.25) is 0 Å². The summed E-state index contributed by atoms with van der Waals surface area (Å²) >= 11 is 0. The van der Waals surface area contributed by atoms with Crippen molar-refractivity contribution in [2.75, 3.05) is 13.1 Å². The summed E-state index contributed by atoms with van der Waals surface area (Å²) in [6, 6.07) is 0.643. The Morgan fingerprint density at radius 3 is 2.65 bits per heavy atom. The number of carboxylic acid groups (broad SMARTS) is 1. The van der Waals surface area contributed by atoms with Crippen molar-refractivity contribution in [1.29, 1.82) is 0 Å². The number of carbonyl (C=O) groups is 1. The number of nitrogens with zero attached hydrogens (tertiary/aromatic N) is 1. The second kappa shape index (κ2) is 6.93. The molecule has 0 radical (unpaired) electrons. The van der Waals surface area contributed by atoms with Crippen molar-refractivity contribution < 1.29 is 9.90 Å². The lowest BCUT2D eigenvalue weighted by Gasteiger charge is -2.29. The fraction of sp³-hybridized carbons (Fsp3) is 0.941. The minimum absolute atomic E-state index is 0.463. The van der Waals surface area contributed by atoms with Crippen LogP contribution in [0.15, 0.2) is 0 Å². The molecule has 116 valence electrons. The number of likely N-dealkylation sites (tertiary alicyclic amines) is 1. The summed E-state index contributed by atoms with van der Waals surface area (Å²) in [4.78, 5) is 14.1. The lowest BCUT2D eigenvalue weighted by Crippen LogP contribution is -2.38. The Balaban J connectivity index is 1.91. The molecule has 1 saturated carbocycles. The normalized spacial score (nSPS) is 35.9. The van der Waals surface area contributed by atoms with Crippen LogP contribution in [-0.4, -0.2) is 35.1 Å². The van der Waals surface area contributed by atoms with Crippen molar-refractivity contribution in [3.05, 3.63) is 0 Å². The maximum absolute atomic E-state index is 11.6. The molecule has 1 aliphatic heterocycles. The van der Waals surface area contributed by atoms with Crippen molar-refractivity contribution in [2.24, 2.45) is 11.3 Å². The van der Waals surface area contributed by atoms with Gasteiger partial charge in [0.25, 0.3) is 0 Å². The zero-order chi connectivity index (χ0) is 14.6. The number of carboxylic acids is 1. The highest BCUT2D eigenvalue weighted by atomic mass is 16.4. The number of hydrogen-bond acceptors (Lipinski definition) is 2. The largest absolute Gasteiger partial charge is 0.481 e. The van der Waals surface area contributed by atoms with Crippen molar-refractivity contribution in [3.63, 3.8) is 0 Å². The molecule has 3 atom stereocenters. The van der Waals surface area contributed by atoms with Gasteiger partial charge >= 0.3 is 5.97 Å². The Morgan fingerprint density at radius 2 is 2.05 bits per heavy atom. The highest BCUT2D eigenvalue weighted by molar-refractivity contribution is 5.75. The van der Waals surface area contributed by atoms with Crippen LogP contribution >= 0.6 is 0 Å². The second-order valence-corrected chi connectivity index (χ2v) is 6.98. The van der Waals surface area contributed by atoms with Crippen LogP contribution in [0.25, 0.3) is 0 Å². The highest BCUT2D eigenvalue weighted by Crippen LogP contribution is 2.38. The van der Waals surface area contributed by atoms with Gasteiger partial charge in [0, 0.05) is 12.6 Å². The topological polar surface area (TPSA) is 40.5 Å². The van der Waals surface area contributed by atoms with Crippen molar-refractivity contribution in [1.82, 2.24) is 4.90 Å². The summed E-state index contributed by atoms with van der Waals surface area (Å²) in [5, 5.41) is 9.52. The van der Waals surface area contributed by atoms with E-state index in [1.54, 1.807) is 0 Å². The molecular weight excluding hydrogens is 250 g/mol. The quantitative estimate of drug-likeness (QED) is 0.776. The predicted octanol–water partition coefficient (Wildman–Crippen LogP) is 3.92. The van der Waals surface area contributed by atoms with Gasteiger partial charge < -0.3 is 5.11 Å². The highest BCUT2D eigenvalue weighted by Gasteiger charge is 2.44. The third kappa shape index (κ3) is 3.36. The first-order valence-corrected chi connectivity index (χ1v) is 8.58. The fourth-order valence-corrected chi connectivity index (χ4v) is 4.25. The molecule has 3 unspecified atom stereocenters. The van der Waals surface area contributed by atoms with Crippen LogP contribution in [0.5, 0.6) is 0 Å². The van der Waals surface area contributed by atoms with E-state index in [9.17, 15) is 9.90 Å². The lowest BCUT2D eigenvalue weighted by molar-refractivity contribution is -0.148. The third-order valence-electron chi connectivity index (χ3n) is 5.78. The average Bonchev–Trinajstić information content (AvgIpc) is 2.75. The standard InChI is InChI=1S/C17H31NO2/c1-3-6-14-7-5-8-15(10-9-14)18-12-11-17(4-2,13-18)16(19)20/h14-15H,3-13H2,1-2H3,(H,19,20). The van der Waals surface area contributed by atoms with E-state index in [2.05, 4.69) is 11.8 Å². The number of rotatable bonds is 5. The van der Waals surface area contributed by atoms with E-state index in [1.807, 2.05) is 6.92 Å². The first-order valence-electron chi connectivity index (χ1n) is 8.58. The van der Waals surface area contributed by atoms with Crippen LogP contribution in [0.2, 0.25) is 0 Å². The zero-order valence-corrected chi connectivity index (χ0v) is 13.2. The van der Waals surface area contributed by atoms with Gasteiger partial charge in [-0.1, -0.05) is 39.5 Å². The minimum Gasteiger partial charge on any atom is -0.481 e. The molecule has 0 spiro atoms. The van der Waals surface area contributed by atoms with Crippen LogP contribution in [0, 0.1) is 11.3 Å². The zero-order valence-electron chi connectivity index (χ0n) is 13.2. The Morgan fingerprint density at radius 1 is 1.25 bits per heavy atom. The molecule has 20 heavy (non-hydrogen) atoms. The maximum Gasteiger partial charge on any atom is 0.310 e. The smallest absolute Gasteiger partial charge is 0.310 e. The molecule has 1 heterocycles. The monoisotopic (exact) mass is 281 g/mol. The first kappa shape index (κ1) is 15.8. The van der Waals surface area contributed by atoms with Crippen molar-refractivity contribution in [2.45, 2.75) is 77.7 Å². The molecule has 2 aliphatic rings. The fourth-order valence-electron chi connectivity index (χ4n) is 4.25. The molecule has 3 heteroatoms. The number of aliphatic carboxylic acids is 1. The van der Waals surface area contributed by atoms with Crippen LogP contribution in [-0.2, 0) is 4.79 Å². The summed E-state index contributed by atoms with van der Waals surface area (Å²) < 4.78 is 0. The molecular formula is C17H31NO2. The second-order valence-electron chi connectivity index (χ2n) is 6.98. The molecule has 0 bridgehead atoms. The Hall–Kier alpha value is -0.570. The van der Waals surface area contributed by atoms with Gasteiger partial charge in [0.1, 0.15) is 0 Å². The third-order valence-corrected chi connectivity index (χ3v) is 5.78. The molecule has 0 aromatic carbocycles. The maximum atomic E-state index is 11.6. The molecule has 1 aliphatic carbocycles. The summed E-state index contributed by atoms with van der Waals surface area (Å²) in [5.41, 5.74) is -0.463. The average molecular weight is 281 g/mol. The van der Waals surface area contributed by atoms with E-state index in [-0.39, 0.29) is 0 Å². The van der Waals surface area contributed by atoms with Gasteiger partial charge in [-0.25, -0.2) is 0 Å². The van der Waals surface area contributed by atoms with E-state index < -0.39 is 11.4 Å². The predicted molar refractivity (Wildman–Crippen MR) is 81.8 cm³/mol. The van der Waals surface area contributed by atoms with Crippen molar-refractivity contribution >= 4 is 5.97 Å². The van der Waals surface area contributed by atoms with E-state index >= 15 is 0 Å². The summed E-state index contributed by atoms with van der Waals surface area (Å²) in [5.74, 6) is 0.336. The van der Waals surface area contributed by atoms with Gasteiger partial charge in [0.15, 0.2) is 0 Å². The van der Waals surface area contributed by atoms with Crippen LogP contribution in [0.3, 0.4) is 0 Å². The summed E-state index contributed by atoms with van der Waals surface area (Å²) in [6.45, 7) is 6.08. The van der Waals surface area contributed by atoms with Gasteiger partial charge in [-0.2, -0.15) is 0 Å². The lowest BCUT2D eigenvalue weighted by atomic mass is 9.84.